The first kappa shape index (κ1) is 40.1. The van der Waals surface area contributed by atoms with Crippen LogP contribution in [0.25, 0.3) is 0 Å². The molecule has 2 heteroatoms. The van der Waals surface area contributed by atoms with Gasteiger partial charge in [-0.1, -0.05) is 93.9 Å². The standard InChI is InChI=1S/C42H86N2/c1-35(25-27-39-37(3)23-17-29-41(39,5)6)21-19-33-43(9,10)31-15-13-14-16-32-44(11,12)34-20-22-36(2)26-28-40-38(4)24-18-30-42(40,7)8/h35-40H,13-34H2,1-12H3/q+2. The van der Waals surface area contributed by atoms with Crippen LogP contribution in [0.3, 0.4) is 0 Å². The van der Waals surface area contributed by atoms with Gasteiger partial charge in [0.25, 0.3) is 0 Å². The van der Waals surface area contributed by atoms with E-state index in [0.717, 1.165) is 35.5 Å². The van der Waals surface area contributed by atoms with Gasteiger partial charge in [0.2, 0.25) is 0 Å². The molecule has 0 amide bonds. The van der Waals surface area contributed by atoms with E-state index in [-0.39, 0.29) is 0 Å². The monoisotopic (exact) mass is 619 g/mol. The highest BCUT2D eigenvalue weighted by Crippen LogP contribution is 2.47. The molecule has 2 aliphatic carbocycles. The first-order chi connectivity index (χ1) is 20.4. The van der Waals surface area contributed by atoms with E-state index < -0.39 is 0 Å². The number of rotatable bonds is 21. The van der Waals surface area contributed by atoms with Crippen molar-refractivity contribution < 1.29 is 8.97 Å². The molecule has 0 aliphatic heterocycles. The number of hydrogen-bond donors (Lipinski definition) is 0. The van der Waals surface area contributed by atoms with Crippen molar-refractivity contribution in [3.63, 3.8) is 0 Å². The largest absolute Gasteiger partial charge is 0.328 e. The van der Waals surface area contributed by atoms with Crippen LogP contribution in [0.15, 0.2) is 0 Å². The van der Waals surface area contributed by atoms with E-state index in [9.17, 15) is 0 Å². The van der Waals surface area contributed by atoms with E-state index in [1.54, 1.807) is 0 Å². The normalized spacial score (nSPS) is 27.3. The predicted octanol–water partition coefficient (Wildman–Crippen LogP) is 12.0. The lowest BCUT2D eigenvalue weighted by atomic mass is 9.62. The molecular formula is C42H86N2+2. The highest BCUT2D eigenvalue weighted by atomic mass is 15.3. The minimum atomic E-state index is 0.564. The molecule has 6 unspecified atom stereocenters. The lowest BCUT2D eigenvalue weighted by Crippen LogP contribution is -2.41. The summed E-state index contributed by atoms with van der Waals surface area (Å²) in [7, 11) is 9.92. The van der Waals surface area contributed by atoms with E-state index >= 15 is 0 Å². The molecule has 2 nitrogen and oxygen atoms in total. The van der Waals surface area contributed by atoms with Crippen molar-refractivity contribution in [3.05, 3.63) is 0 Å². The summed E-state index contributed by atoms with van der Waals surface area (Å²) in [6, 6.07) is 0. The molecule has 2 saturated carbocycles. The second-order valence-corrected chi connectivity index (χ2v) is 19.8. The van der Waals surface area contributed by atoms with Crippen LogP contribution in [-0.2, 0) is 0 Å². The Labute approximate surface area is 280 Å². The number of hydrogen-bond acceptors (Lipinski definition) is 0. The minimum absolute atomic E-state index is 0.564. The highest BCUT2D eigenvalue weighted by Gasteiger charge is 2.37. The van der Waals surface area contributed by atoms with Gasteiger partial charge >= 0.3 is 0 Å². The molecule has 0 heterocycles. The molecular weight excluding hydrogens is 532 g/mol. The first-order valence-corrected chi connectivity index (χ1v) is 20.1. The third-order valence-electron chi connectivity index (χ3n) is 13.5. The Hall–Kier alpha value is -0.0800. The van der Waals surface area contributed by atoms with E-state index in [0.29, 0.717) is 10.8 Å². The minimum Gasteiger partial charge on any atom is -0.328 e. The Morgan fingerprint density at radius 3 is 1.20 bits per heavy atom. The summed E-state index contributed by atoms with van der Waals surface area (Å²) in [6.07, 6.45) is 25.8. The lowest BCUT2D eigenvalue weighted by molar-refractivity contribution is -0.891. The second-order valence-electron chi connectivity index (χ2n) is 19.8. The molecule has 0 radical (unpaired) electrons. The molecule has 2 fully saturated rings. The summed E-state index contributed by atoms with van der Waals surface area (Å²) in [5, 5.41) is 0. The van der Waals surface area contributed by atoms with Crippen molar-refractivity contribution in [2.24, 2.45) is 46.3 Å². The quantitative estimate of drug-likeness (QED) is 0.0886. The molecule has 262 valence electrons. The number of quaternary nitrogens is 2. The maximum atomic E-state index is 2.54. The van der Waals surface area contributed by atoms with Gasteiger partial charge in [-0.2, -0.15) is 0 Å². The molecule has 0 saturated heterocycles. The fraction of sp³-hybridized carbons (Fsp3) is 1.00. The summed E-state index contributed by atoms with van der Waals surface area (Å²) < 4.78 is 2.44. The molecule has 44 heavy (non-hydrogen) atoms. The van der Waals surface area contributed by atoms with Crippen molar-refractivity contribution in [2.75, 3.05) is 54.4 Å². The summed E-state index contributed by atoms with van der Waals surface area (Å²) in [5.41, 5.74) is 1.13. The molecule has 0 spiro atoms. The van der Waals surface area contributed by atoms with Crippen molar-refractivity contribution in [3.8, 4) is 0 Å². The van der Waals surface area contributed by atoms with Gasteiger partial charge in [0.1, 0.15) is 0 Å². The first-order valence-electron chi connectivity index (χ1n) is 20.1. The van der Waals surface area contributed by atoms with Crippen LogP contribution in [0.2, 0.25) is 0 Å². The topological polar surface area (TPSA) is 0 Å². The Balaban J connectivity index is 1.51. The number of nitrogens with zero attached hydrogens (tertiary/aromatic N) is 2. The van der Waals surface area contributed by atoms with Crippen molar-refractivity contribution in [1.29, 1.82) is 0 Å². The van der Waals surface area contributed by atoms with E-state index in [1.807, 2.05) is 0 Å². The van der Waals surface area contributed by atoms with Crippen molar-refractivity contribution in [1.82, 2.24) is 0 Å². The third kappa shape index (κ3) is 14.8. The fourth-order valence-electron chi connectivity index (χ4n) is 10.0. The molecule has 0 aromatic rings. The van der Waals surface area contributed by atoms with Gasteiger partial charge in [-0.05, 0) is 123 Å². The maximum Gasteiger partial charge on any atom is 0.0782 e. The Morgan fingerprint density at radius 1 is 0.523 bits per heavy atom. The van der Waals surface area contributed by atoms with Crippen LogP contribution in [0.5, 0.6) is 0 Å². The lowest BCUT2D eigenvalue weighted by Gasteiger charge is -2.43. The summed E-state index contributed by atoms with van der Waals surface area (Å²) in [6.45, 7) is 25.7. The van der Waals surface area contributed by atoms with Gasteiger partial charge in [-0.3, -0.25) is 0 Å². The SMILES string of the molecule is CC(CCC[N+](C)(C)CCCCCC[N+](C)(C)CCCC(C)CCC1C(C)CCCC1(C)C)CCC1C(C)CCCC1(C)C. The maximum absolute atomic E-state index is 2.54. The van der Waals surface area contributed by atoms with Gasteiger partial charge in [-0.25, -0.2) is 0 Å². The summed E-state index contributed by atoms with van der Waals surface area (Å²) in [4.78, 5) is 0. The van der Waals surface area contributed by atoms with Crippen LogP contribution in [0.4, 0.5) is 0 Å². The Kier molecular flexibility index (Phi) is 16.8. The molecule has 0 N–H and O–H groups in total. The van der Waals surface area contributed by atoms with Crippen LogP contribution < -0.4 is 0 Å². The van der Waals surface area contributed by atoms with E-state index in [1.165, 1.54) is 151 Å². The van der Waals surface area contributed by atoms with Crippen molar-refractivity contribution >= 4 is 0 Å². The Morgan fingerprint density at radius 2 is 0.864 bits per heavy atom. The van der Waals surface area contributed by atoms with Crippen LogP contribution in [-0.4, -0.2) is 63.3 Å². The van der Waals surface area contributed by atoms with Crippen LogP contribution in [0.1, 0.15) is 171 Å². The van der Waals surface area contributed by atoms with Gasteiger partial charge in [-0.15, -0.1) is 0 Å². The van der Waals surface area contributed by atoms with Crippen LogP contribution in [0, 0.1) is 46.3 Å². The molecule has 0 aromatic heterocycles. The van der Waals surface area contributed by atoms with Gasteiger partial charge in [0, 0.05) is 0 Å². The average molecular weight is 619 g/mol. The van der Waals surface area contributed by atoms with Gasteiger partial charge < -0.3 is 8.97 Å². The molecule has 2 aliphatic rings. The van der Waals surface area contributed by atoms with Crippen LogP contribution >= 0.6 is 0 Å². The molecule has 2 rings (SSSR count). The zero-order chi connectivity index (χ0) is 33.0. The molecule has 0 aromatic carbocycles. The smallest absolute Gasteiger partial charge is 0.0782 e. The zero-order valence-corrected chi connectivity index (χ0v) is 32.9. The second kappa shape index (κ2) is 18.5. The Bertz CT molecular complexity index is 700. The summed E-state index contributed by atoms with van der Waals surface area (Å²) in [5.74, 6) is 5.52. The van der Waals surface area contributed by atoms with Gasteiger partial charge in [0.15, 0.2) is 0 Å². The predicted molar refractivity (Wildman–Crippen MR) is 198 cm³/mol. The average Bonchev–Trinajstić information content (AvgIpc) is 2.89. The summed E-state index contributed by atoms with van der Waals surface area (Å²) >= 11 is 0. The van der Waals surface area contributed by atoms with Crippen molar-refractivity contribution in [2.45, 2.75) is 171 Å². The van der Waals surface area contributed by atoms with E-state index in [2.05, 4.69) is 83.6 Å². The molecule has 6 atom stereocenters. The highest BCUT2D eigenvalue weighted by molar-refractivity contribution is 4.87. The van der Waals surface area contributed by atoms with E-state index in [4.69, 9.17) is 0 Å². The third-order valence-corrected chi connectivity index (χ3v) is 13.5. The molecule has 0 bridgehead atoms. The van der Waals surface area contributed by atoms with Gasteiger partial charge in [0.05, 0.1) is 54.4 Å². The fourth-order valence-corrected chi connectivity index (χ4v) is 10.0. The number of unbranched alkanes of at least 4 members (excludes halogenated alkanes) is 3. The zero-order valence-electron chi connectivity index (χ0n) is 32.9.